The van der Waals surface area contributed by atoms with Crippen LogP contribution < -0.4 is 5.32 Å². The van der Waals surface area contributed by atoms with Crippen molar-refractivity contribution in [3.63, 3.8) is 0 Å². The lowest BCUT2D eigenvalue weighted by molar-refractivity contribution is 0.0827. The summed E-state index contributed by atoms with van der Waals surface area (Å²) in [5.74, 6) is 0.843. The van der Waals surface area contributed by atoms with E-state index in [1.165, 1.54) is 19.3 Å². The van der Waals surface area contributed by atoms with Gasteiger partial charge in [0.1, 0.15) is 5.82 Å². The Morgan fingerprint density at radius 2 is 2.16 bits per heavy atom. The van der Waals surface area contributed by atoms with Crippen molar-refractivity contribution in [2.75, 3.05) is 19.4 Å². The fourth-order valence-corrected chi connectivity index (χ4v) is 2.64. The summed E-state index contributed by atoms with van der Waals surface area (Å²) in [5, 5.41) is 3.49. The van der Waals surface area contributed by atoms with Crippen molar-refractivity contribution in [3.8, 4) is 0 Å². The number of amides is 1. The largest absolute Gasteiger partial charge is 0.367 e. The maximum atomic E-state index is 11.8. The molecule has 1 saturated carbocycles. The number of nitrogens with one attached hydrogen (secondary N) is 1. The first-order chi connectivity index (χ1) is 8.90. The van der Waals surface area contributed by atoms with Crippen LogP contribution in [0.15, 0.2) is 18.3 Å². The van der Waals surface area contributed by atoms with Crippen LogP contribution >= 0.6 is 0 Å². The summed E-state index contributed by atoms with van der Waals surface area (Å²) in [6.07, 6.45) is 5.35. The number of aromatic nitrogens is 1. The maximum Gasteiger partial charge on any atom is 0.254 e. The minimum absolute atomic E-state index is 0.0137. The van der Waals surface area contributed by atoms with E-state index in [-0.39, 0.29) is 5.91 Å². The third-order valence-corrected chi connectivity index (χ3v) is 4.00. The Kier molecular flexibility index (Phi) is 3.78. The van der Waals surface area contributed by atoms with Crippen LogP contribution in [-0.2, 0) is 0 Å². The fourth-order valence-electron chi connectivity index (χ4n) is 2.64. The Morgan fingerprint density at radius 3 is 2.63 bits per heavy atom. The van der Waals surface area contributed by atoms with Gasteiger partial charge in [0, 0.05) is 26.3 Å². The van der Waals surface area contributed by atoms with E-state index in [4.69, 9.17) is 0 Å². The van der Waals surface area contributed by atoms with E-state index in [0.717, 1.165) is 5.82 Å². The molecule has 1 fully saturated rings. The zero-order valence-corrected chi connectivity index (χ0v) is 12.2. The molecule has 1 aliphatic rings. The van der Waals surface area contributed by atoms with E-state index in [1.54, 1.807) is 25.2 Å². The molecule has 1 atom stereocenters. The predicted octanol–water partition coefficient (Wildman–Crippen LogP) is 2.77. The highest BCUT2D eigenvalue weighted by Crippen LogP contribution is 2.38. The van der Waals surface area contributed by atoms with Crippen molar-refractivity contribution in [2.24, 2.45) is 5.41 Å². The second kappa shape index (κ2) is 5.19. The van der Waals surface area contributed by atoms with Crippen molar-refractivity contribution in [1.82, 2.24) is 9.88 Å². The number of carbonyl (C=O) groups is 1. The van der Waals surface area contributed by atoms with Crippen molar-refractivity contribution in [1.29, 1.82) is 0 Å². The average Bonchev–Trinajstić information content (AvgIpc) is 2.69. The van der Waals surface area contributed by atoms with Gasteiger partial charge >= 0.3 is 0 Å². The lowest BCUT2D eigenvalue weighted by Gasteiger charge is -2.28. The van der Waals surface area contributed by atoms with Gasteiger partial charge in [0.15, 0.2) is 0 Å². The molecule has 1 aliphatic carbocycles. The van der Waals surface area contributed by atoms with Crippen molar-refractivity contribution >= 4 is 11.7 Å². The quantitative estimate of drug-likeness (QED) is 0.910. The number of hydrogen-bond donors (Lipinski definition) is 1. The molecule has 0 spiro atoms. The Balaban J connectivity index is 2.05. The van der Waals surface area contributed by atoms with Gasteiger partial charge in [-0.2, -0.15) is 0 Å². The molecule has 1 aromatic rings. The highest BCUT2D eigenvalue weighted by molar-refractivity contribution is 5.93. The van der Waals surface area contributed by atoms with Crippen LogP contribution in [0.4, 0.5) is 5.82 Å². The van der Waals surface area contributed by atoms with Crippen LogP contribution in [0, 0.1) is 5.41 Å². The molecule has 0 radical (unpaired) electrons. The van der Waals surface area contributed by atoms with Crippen LogP contribution in [0.25, 0.3) is 0 Å². The Morgan fingerprint density at radius 1 is 1.42 bits per heavy atom. The normalized spacial score (nSPS) is 21.2. The molecule has 0 aromatic carbocycles. The van der Waals surface area contributed by atoms with Crippen molar-refractivity contribution in [2.45, 2.75) is 39.2 Å². The SMILES string of the molecule is CN(C)C(=O)c1ccc(NC2CCCC2(C)C)nc1. The predicted molar refractivity (Wildman–Crippen MR) is 77.3 cm³/mol. The standard InChI is InChI=1S/C15H23N3O/c1-15(2)9-5-6-12(15)17-13-8-7-11(10-16-13)14(19)18(3)4/h7-8,10,12H,5-6,9H2,1-4H3,(H,16,17). The number of rotatable bonds is 3. The van der Waals surface area contributed by atoms with Gasteiger partial charge in [0.05, 0.1) is 5.56 Å². The molecule has 1 heterocycles. The van der Waals surface area contributed by atoms with Crippen molar-refractivity contribution in [3.05, 3.63) is 23.9 Å². The molecule has 0 saturated heterocycles. The number of nitrogens with zero attached hydrogens (tertiary/aromatic N) is 2. The van der Waals surface area contributed by atoms with Crippen molar-refractivity contribution < 1.29 is 4.79 Å². The molecule has 4 nitrogen and oxygen atoms in total. The molecular formula is C15H23N3O. The fraction of sp³-hybridized carbons (Fsp3) is 0.600. The highest BCUT2D eigenvalue weighted by atomic mass is 16.2. The van der Waals surface area contributed by atoms with Crippen LogP contribution in [0.3, 0.4) is 0 Å². The minimum Gasteiger partial charge on any atom is -0.367 e. The summed E-state index contributed by atoms with van der Waals surface area (Å²) < 4.78 is 0. The molecule has 1 amide bonds. The van der Waals surface area contributed by atoms with E-state index >= 15 is 0 Å². The summed E-state index contributed by atoms with van der Waals surface area (Å²) in [6, 6.07) is 4.19. The molecule has 4 heteroatoms. The van der Waals surface area contributed by atoms with Crippen LogP contribution in [-0.4, -0.2) is 35.9 Å². The lowest BCUT2D eigenvalue weighted by Crippen LogP contribution is -2.31. The molecule has 0 aliphatic heterocycles. The molecule has 1 aromatic heterocycles. The Bertz CT molecular complexity index is 451. The minimum atomic E-state index is -0.0137. The molecular weight excluding hydrogens is 238 g/mol. The van der Waals surface area contributed by atoms with Gasteiger partial charge in [0.2, 0.25) is 0 Å². The number of carbonyl (C=O) groups excluding carboxylic acids is 1. The topological polar surface area (TPSA) is 45.2 Å². The van der Waals surface area contributed by atoms with Gasteiger partial charge in [-0.25, -0.2) is 4.98 Å². The van der Waals surface area contributed by atoms with Crippen LogP contribution in [0.1, 0.15) is 43.5 Å². The van der Waals surface area contributed by atoms with Gasteiger partial charge in [-0.3, -0.25) is 4.79 Å². The monoisotopic (exact) mass is 261 g/mol. The Labute approximate surface area is 115 Å². The van der Waals surface area contributed by atoms with Crippen LogP contribution in [0.5, 0.6) is 0 Å². The highest BCUT2D eigenvalue weighted by Gasteiger charge is 2.34. The molecule has 104 valence electrons. The summed E-state index contributed by atoms with van der Waals surface area (Å²) in [6.45, 7) is 4.59. The smallest absolute Gasteiger partial charge is 0.254 e. The summed E-state index contributed by atoms with van der Waals surface area (Å²) in [5.41, 5.74) is 0.945. The number of anilines is 1. The second-order valence-corrected chi connectivity index (χ2v) is 6.21. The van der Waals surface area contributed by atoms with Crippen LogP contribution in [0.2, 0.25) is 0 Å². The first-order valence-electron chi connectivity index (χ1n) is 6.84. The molecule has 19 heavy (non-hydrogen) atoms. The van der Waals surface area contributed by atoms with E-state index in [2.05, 4.69) is 24.1 Å². The number of pyridine rings is 1. The molecule has 1 unspecified atom stereocenters. The molecule has 1 N–H and O–H groups in total. The summed E-state index contributed by atoms with van der Waals surface area (Å²) in [7, 11) is 3.49. The average molecular weight is 261 g/mol. The number of hydrogen-bond acceptors (Lipinski definition) is 3. The van der Waals surface area contributed by atoms with Gasteiger partial charge in [-0.15, -0.1) is 0 Å². The first-order valence-corrected chi connectivity index (χ1v) is 6.84. The van der Waals surface area contributed by atoms with Gasteiger partial charge in [-0.1, -0.05) is 20.3 Å². The zero-order chi connectivity index (χ0) is 14.0. The summed E-state index contributed by atoms with van der Waals surface area (Å²) in [4.78, 5) is 17.7. The second-order valence-electron chi connectivity index (χ2n) is 6.21. The Hall–Kier alpha value is -1.58. The lowest BCUT2D eigenvalue weighted by atomic mass is 9.87. The van der Waals surface area contributed by atoms with E-state index in [9.17, 15) is 4.79 Å². The van der Waals surface area contributed by atoms with Gasteiger partial charge in [0.25, 0.3) is 5.91 Å². The maximum absolute atomic E-state index is 11.8. The van der Waals surface area contributed by atoms with Gasteiger partial charge in [-0.05, 0) is 30.4 Å². The zero-order valence-electron chi connectivity index (χ0n) is 12.2. The summed E-state index contributed by atoms with van der Waals surface area (Å²) >= 11 is 0. The van der Waals surface area contributed by atoms with Gasteiger partial charge < -0.3 is 10.2 Å². The van der Waals surface area contributed by atoms with E-state index in [1.807, 2.05) is 12.1 Å². The van der Waals surface area contributed by atoms with E-state index in [0.29, 0.717) is 17.0 Å². The third-order valence-electron chi connectivity index (χ3n) is 4.00. The first kappa shape index (κ1) is 13.8. The van der Waals surface area contributed by atoms with E-state index < -0.39 is 0 Å². The third kappa shape index (κ3) is 3.06. The molecule has 2 rings (SSSR count). The molecule has 0 bridgehead atoms.